The minimum Gasteiger partial charge on any atom is -0.493 e. The molecule has 0 unspecified atom stereocenters. The molecule has 1 saturated heterocycles. The Bertz CT molecular complexity index is 582. The molecule has 1 aliphatic rings. The normalized spacial score (nSPS) is 15.5. The Morgan fingerprint density at radius 3 is 2.36 bits per heavy atom. The summed E-state index contributed by atoms with van der Waals surface area (Å²) in [5, 5.41) is 9.29. The van der Waals surface area contributed by atoms with E-state index in [1.54, 1.807) is 11.0 Å². The third-order valence-corrected chi connectivity index (χ3v) is 4.09. The number of piperidine rings is 1. The quantitative estimate of drug-likeness (QED) is 0.918. The standard InChI is InChI=1S/C15H18ClNO5/c1-21-12-8-10(7-11(16)13(12)22-2)14(18)17-5-3-9(4-6-17)15(19)20/h7-9H,3-6H2,1-2H3,(H,19,20). The van der Waals surface area contributed by atoms with E-state index < -0.39 is 5.97 Å². The number of methoxy groups -OCH3 is 2. The van der Waals surface area contributed by atoms with Crippen molar-refractivity contribution in [3.8, 4) is 11.5 Å². The summed E-state index contributed by atoms with van der Waals surface area (Å²) >= 11 is 6.11. The number of nitrogens with zero attached hydrogens (tertiary/aromatic N) is 1. The van der Waals surface area contributed by atoms with E-state index in [0.29, 0.717) is 48.0 Å². The molecule has 1 aromatic carbocycles. The smallest absolute Gasteiger partial charge is 0.306 e. The summed E-state index contributed by atoms with van der Waals surface area (Å²) in [6.45, 7) is 0.837. The molecule has 2 rings (SSSR count). The Morgan fingerprint density at radius 2 is 1.86 bits per heavy atom. The first-order chi connectivity index (χ1) is 10.5. The Morgan fingerprint density at radius 1 is 1.23 bits per heavy atom. The van der Waals surface area contributed by atoms with Crippen molar-refractivity contribution in [2.45, 2.75) is 12.8 Å². The fourth-order valence-electron chi connectivity index (χ4n) is 2.55. The highest BCUT2D eigenvalue weighted by molar-refractivity contribution is 6.32. The molecule has 0 bridgehead atoms. The lowest BCUT2D eigenvalue weighted by molar-refractivity contribution is -0.143. The number of hydrogen-bond donors (Lipinski definition) is 1. The molecular weight excluding hydrogens is 310 g/mol. The SMILES string of the molecule is COc1cc(C(=O)N2CCC(C(=O)O)CC2)cc(Cl)c1OC. The van der Waals surface area contributed by atoms with Gasteiger partial charge in [-0.25, -0.2) is 0 Å². The largest absolute Gasteiger partial charge is 0.493 e. The average Bonchev–Trinajstić information content (AvgIpc) is 2.53. The van der Waals surface area contributed by atoms with Crippen LogP contribution in [0.5, 0.6) is 11.5 Å². The topological polar surface area (TPSA) is 76.1 Å². The number of rotatable bonds is 4. The van der Waals surface area contributed by atoms with Gasteiger partial charge >= 0.3 is 5.97 Å². The molecule has 0 saturated carbocycles. The highest BCUT2D eigenvalue weighted by atomic mass is 35.5. The molecule has 0 radical (unpaired) electrons. The van der Waals surface area contributed by atoms with Gasteiger partial charge in [0.15, 0.2) is 11.5 Å². The zero-order valence-electron chi connectivity index (χ0n) is 12.5. The minimum absolute atomic E-state index is 0.188. The number of amides is 1. The molecule has 0 atom stereocenters. The second kappa shape index (κ2) is 6.87. The van der Waals surface area contributed by atoms with Crippen LogP contribution in [0.4, 0.5) is 0 Å². The summed E-state index contributed by atoms with van der Waals surface area (Å²) in [6, 6.07) is 3.12. The van der Waals surface area contributed by atoms with Crippen LogP contribution in [0.15, 0.2) is 12.1 Å². The van der Waals surface area contributed by atoms with Gasteiger partial charge in [-0.05, 0) is 25.0 Å². The lowest BCUT2D eigenvalue weighted by atomic mass is 9.96. The highest BCUT2D eigenvalue weighted by Crippen LogP contribution is 2.36. The van der Waals surface area contributed by atoms with Crippen molar-refractivity contribution in [1.29, 1.82) is 0 Å². The van der Waals surface area contributed by atoms with Crippen LogP contribution in [0.1, 0.15) is 23.2 Å². The van der Waals surface area contributed by atoms with E-state index in [2.05, 4.69) is 0 Å². The summed E-state index contributed by atoms with van der Waals surface area (Å²) in [4.78, 5) is 25.1. The number of carbonyl (C=O) groups is 2. The van der Waals surface area contributed by atoms with Gasteiger partial charge in [0.05, 0.1) is 25.2 Å². The first-order valence-corrected chi connectivity index (χ1v) is 7.29. The number of ether oxygens (including phenoxy) is 2. The molecule has 1 aromatic rings. The number of hydrogen-bond acceptors (Lipinski definition) is 4. The van der Waals surface area contributed by atoms with E-state index in [1.165, 1.54) is 20.3 Å². The summed E-state index contributed by atoms with van der Waals surface area (Å²) in [7, 11) is 2.95. The summed E-state index contributed by atoms with van der Waals surface area (Å²) in [5.41, 5.74) is 0.399. The molecule has 22 heavy (non-hydrogen) atoms. The van der Waals surface area contributed by atoms with Crippen LogP contribution in [-0.2, 0) is 4.79 Å². The zero-order chi connectivity index (χ0) is 16.3. The minimum atomic E-state index is -0.804. The van der Waals surface area contributed by atoms with E-state index >= 15 is 0 Å². The fourth-order valence-corrected chi connectivity index (χ4v) is 2.84. The lowest BCUT2D eigenvalue weighted by Gasteiger charge is -2.30. The summed E-state index contributed by atoms with van der Waals surface area (Å²) in [5.74, 6) is -0.602. The van der Waals surface area contributed by atoms with Crippen LogP contribution >= 0.6 is 11.6 Å². The van der Waals surface area contributed by atoms with Crippen LogP contribution in [0.25, 0.3) is 0 Å². The highest BCUT2D eigenvalue weighted by Gasteiger charge is 2.28. The molecule has 0 spiro atoms. The van der Waals surface area contributed by atoms with Crippen molar-refractivity contribution in [2.24, 2.45) is 5.92 Å². The predicted molar refractivity (Wildman–Crippen MR) is 80.8 cm³/mol. The van der Waals surface area contributed by atoms with E-state index in [1.807, 2.05) is 0 Å². The van der Waals surface area contributed by atoms with Crippen molar-refractivity contribution < 1.29 is 24.2 Å². The van der Waals surface area contributed by atoms with Crippen LogP contribution in [0.2, 0.25) is 5.02 Å². The maximum absolute atomic E-state index is 12.5. The Kier molecular flexibility index (Phi) is 5.13. The number of likely N-dealkylation sites (tertiary alicyclic amines) is 1. The van der Waals surface area contributed by atoms with Gasteiger partial charge in [-0.2, -0.15) is 0 Å². The molecule has 1 heterocycles. The maximum Gasteiger partial charge on any atom is 0.306 e. The Labute approximate surface area is 133 Å². The third-order valence-electron chi connectivity index (χ3n) is 3.81. The van der Waals surface area contributed by atoms with Gasteiger partial charge in [0, 0.05) is 18.7 Å². The van der Waals surface area contributed by atoms with Gasteiger partial charge in [-0.15, -0.1) is 0 Å². The van der Waals surface area contributed by atoms with E-state index in [4.69, 9.17) is 26.2 Å². The Hall–Kier alpha value is -1.95. The van der Waals surface area contributed by atoms with Crippen molar-refractivity contribution in [1.82, 2.24) is 4.90 Å². The van der Waals surface area contributed by atoms with Crippen LogP contribution in [0, 0.1) is 5.92 Å². The lowest BCUT2D eigenvalue weighted by Crippen LogP contribution is -2.40. The van der Waals surface area contributed by atoms with Gasteiger partial charge in [0.25, 0.3) is 5.91 Å². The molecule has 1 N–H and O–H groups in total. The van der Waals surface area contributed by atoms with Gasteiger partial charge in [0.2, 0.25) is 0 Å². The molecule has 120 valence electrons. The van der Waals surface area contributed by atoms with Gasteiger partial charge in [-0.1, -0.05) is 11.6 Å². The number of benzene rings is 1. The van der Waals surface area contributed by atoms with Gasteiger partial charge < -0.3 is 19.5 Å². The van der Waals surface area contributed by atoms with E-state index in [-0.39, 0.29) is 11.8 Å². The zero-order valence-corrected chi connectivity index (χ0v) is 13.2. The third kappa shape index (κ3) is 3.27. The molecule has 0 aliphatic carbocycles. The summed E-state index contributed by atoms with van der Waals surface area (Å²) < 4.78 is 10.3. The Balaban J connectivity index is 2.17. The fraction of sp³-hybridized carbons (Fsp3) is 0.467. The number of halogens is 1. The second-order valence-electron chi connectivity index (χ2n) is 5.10. The molecule has 1 amide bonds. The monoisotopic (exact) mass is 327 g/mol. The average molecular weight is 328 g/mol. The molecule has 0 aromatic heterocycles. The number of carboxylic acid groups (broad SMARTS) is 1. The molecule has 6 nitrogen and oxygen atoms in total. The van der Waals surface area contributed by atoms with Crippen molar-refractivity contribution in [3.05, 3.63) is 22.7 Å². The van der Waals surface area contributed by atoms with Crippen LogP contribution < -0.4 is 9.47 Å². The predicted octanol–water partition coefficient (Wildman–Crippen LogP) is 2.29. The van der Waals surface area contributed by atoms with Gasteiger partial charge in [-0.3, -0.25) is 9.59 Å². The van der Waals surface area contributed by atoms with E-state index in [0.717, 1.165) is 0 Å². The van der Waals surface area contributed by atoms with Gasteiger partial charge in [0.1, 0.15) is 0 Å². The molecule has 7 heteroatoms. The first kappa shape index (κ1) is 16.4. The van der Waals surface area contributed by atoms with Crippen molar-refractivity contribution in [3.63, 3.8) is 0 Å². The maximum atomic E-state index is 12.5. The molecule has 1 aliphatic heterocycles. The van der Waals surface area contributed by atoms with Crippen molar-refractivity contribution >= 4 is 23.5 Å². The number of carbonyl (C=O) groups excluding carboxylic acids is 1. The number of carboxylic acids is 1. The molecular formula is C15H18ClNO5. The van der Waals surface area contributed by atoms with Crippen molar-refractivity contribution in [2.75, 3.05) is 27.3 Å². The van der Waals surface area contributed by atoms with Crippen LogP contribution in [-0.4, -0.2) is 49.2 Å². The number of aliphatic carboxylic acids is 1. The van der Waals surface area contributed by atoms with E-state index in [9.17, 15) is 9.59 Å². The second-order valence-corrected chi connectivity index (χ2v) is 5.51. The molecule has 1 fully saturated rings. The van der Waals surface area contributed by atoms with Crippen LogP contribution in [0.3, 0.4) is 0 Å². The summed E-state index contributed by atoms with van der Waals surface area (Å²) in [6.07, 6.45) is 0.921. The first-order valence-electron chi connectivity index (χ1n) is 6.91.